The molecule has 1 aromatic heterocycles. The number of nitrogens with zero attached hydrogens (tertiary/aromatic N) is 3. The Labute approximate surface area is 281 Å². The summed E-state index contributed by atoms with van der Waals surface area (Å²) >= 11 is 3.46. The van der Waals surface area contributed by atoms with E-state index in [0.29, 0.717) is 41.0 Å². The lowest BCUT2D eigenvalue weighted by Crippen LogP contribution is -2.60. The zero-order chi connectivity index (χ0) is 33.2. The molecule has 3 heterocycles. The number of ether oxygens (including phenoxy) is 3. The van der Waals surface area contributed by atoms with Gasteiger partial charge < -0.3 is 23.5 Å². The monoisotopic (exact) mass is 709 g/mol. The van der Waals surface area contributed by atoms with E-state index in [0.717, 1.165) is 24.2 Å². The van der Waals surface area contributed by atoms with Crippen LogP contribution in [0.15, 0.2) is 66.3 Å². The maximum absolute atomic E-state index is 14.6. The van der Waals surface area contributed by atoms with Gasteiger partial charge in [0.15, 0.2) is 26.0 Å². The van der Waals surface area contributed by atoms with Crippen molar-refractivity contribution in [2.24, 2.45) is 0 Å². The fourth-order valence-corrected chi connectivity index (χ4v) is 7.33. The van der Waals surface area contributed by atoms with Crippen molar-refractivity contribution in [1.82, 2.24) is 9.88 Å². The Morgan fingerprint density at radius 3 is 2.65 bits per heavy atom. The van der Waals surface area contributed by atoms with Gasteiger partial charge in [0.05, 0.1) is 35.8 Å². The van der Waals surface area contributed by atoms with E-state index in [-0.39, 0.29) is 24.2 Å². The molecule has 11 heteroatoms. The van der Waals surface area contributed by atoms with Gasteiger partial charge in [-0.15, -0.1) is 0 Å². The van der Waals surface area contributed by atoms with Gasteiger partial charge >= 0.3 is 6.09 Å². The predicted molar refractivity (Wildman–Crippen MR) is 185 cm³/mol. The smallest absolute Gasteiger partial charge is 0.416 e. The van der Waals surface area contributed by atoms with Crippen molar-refractivity contribution in [2.75, 3.05) is 25.2 Å². The molecule has 0 N–H and O–H groups in total. The molecule has 0 radical (unpaired) electrons. The number of hydrogen-bond donors (Lipinski definition) is 0. The third-order valence-corrected chi connectivity index (χ3v) is 14.3. The molecule has 0 spiro atoms. The van der Waals surface area contributed by atoms with Gasteiger partial charge in [-0.25, -0.2) is 9.69 Å². The summed E-state index contributed by atoms with van der Waals surface area (Å²) in [5.41, 5.74) is 4.73. The predicted octanol–water partition coefficient (Wildman–Crippen LogP) is 7.92. The molecule has 3 aliphatic rings. The normalized spacial score (nSPS) is 19.6. The van der Waals surface area contributed by atoms with Gasteiger partial charge in [-0.05, 0) is 66.7 Å². The number of alkyl halides is 1. The molecule has 46 heavy (non-hydrogen) atoms. The number of anilines is 1. The lowest BCUT2D eigenvalue weighted by Gasteiger charge is -2.47. The molecule has 2 aliphatic heterocycles. The van der Waals surface area contributed by atoms with Crippen LogP contribution in [-0.4, -0.2) is 62.7 Å². The molecule has 1 aromatic carbocycles. The first-order valence-electron chi connectivity index (χ1n) is 15.7. The summed E-state index contributed by atoms with van der Waals surface area (Å²) in [6, 6.07) is 8.66. The Balaban J connectivity index is 1.67. The highest BCUT2D eigenvalue weighted by Crippen LogP contribution is 2.46. The number of amides is 2. The summed E-state index contributed by atoms with van der Waals surface area (Å²) in [5.74, 6) is 0.550. The number of pyridine rings is 1. The number of fused-ring (bicyclic) bond motifs is 2. The SMILES string of the molecule is C=CCOC(=O)N1c2cc(OCc3cccc(CBr)n3)c(OC)cc2C(=O)N2CC3=C(C=CCC3)C[C@H]2C1O[Si](C)(C)C(C)(C)C. The van der Waals surface area contributed by atoms with Gasteiger partial charge in [-0.2, -0.15) is 0 Å². The van der Waals surface area contributed by atoms with E-state index in [1.54, 1.807) is 12.1 Å². The van der Waals surface area contributed by atoms with Gasteiger partial charge in [0.25, 0.3) is 5.91 Å². The zero-order valence-corrected chi connectivity index (χ0v) is 30.2. The lowest BCUT2D eigenvalue weighted by atomic mass is 9.87. The standard InChI is InChI=1S/C35H44BrN3O6Si/c1-8-16-43-34(41)39-28-19-31(44-22-26-15-11-14-25(20-36)37-26)30(42-5)18-27(28)32(40)38-21-24-13-10-9-12-23(24)17-29(38)33(39)45-46(6,7)35(2,3)4/h8-9,11-12,14-15,18-19,29,33H,1,10,13,16-17,20-22H2,2-7H3/t29-,33?/m0/s1. The van der Waals surface area contributed by atoms with Crippen LogP contribution in [-0.2, 0) is 21.1 Å². The van der Waals surface area contributed by atoms with Crippen LogP contribution in [0.3, 0.4) is 0 Å². The Kier molecular flexibility index (Phi) is 10.1. The second-order valence-electron chi connectivity index (χ2n) is 13.3. The topological polar surface area (TPSA) is 90.4 Å². The molecule has 0 saturated carbocycles. The van der Waals surface area contributed by atoms with Crippen LogP contribution in [0.2, 0.25) is 18.1 Å². The lowest BCUT2D eigenvalue weighted by molar-refractivity contribution is 0.0400. The third kappa shape index (κ3) is 6.82. The van der Waals surface area contributed by atoms with E-state index in [1.807, 2.05) is 23.1 Å². The van der Waals surface area contributed by atoms with Gasteiger partial charge in [0.1, 0.15) is 13.2 Å². The van der Waals surface area contributed by atoms with Gasteiger partial charge in [0, 0.05) is 17.9 Å². The molecule has 1 unspecified atom stereocenters. The number of halogens is 1. The highest BCUT2D eigenvalue weighted by atomic mass is 79.9. The summed E-state index contributed by atoms with van der Waals surface area (Å²) in [7, 11) is -0.970. The first-order valence-corrected chi connectivity index (χ1v) is 19.7. The highest BCUT2D eigenvalue weighted by Gasteiger charge is 2.50. The number of hydrogen-bond acceptors (Lipinski definition) is 7. The van der Waals surface area contributed by atoms with Crippen molar-refractivity contribution in [2.45, 2.75) is 82.4 Å². The molecule has 1 aliphatic carbocycles. The van der Waals surface area contributed by atoms with Crippen LogP contribution < -0.4 is 14.4 Å². The summed E-state index contributed by atoms with van der Waals surface area (Å²) in [4.78, 5) is 36.8. The molecule has 246 valence electrons. The second-order valence-corrected chi connectivity index (χ2v) is 18.7. The molecule has 2 aromatic rings. The average Bonchev–Trinajstić information content (AvgIpc) is 3.12. The van der Waals surface area contributed by atoms with Gasteiger partial charge in [-0.3, -0.25) is 9.78 Å². The Hall–Kier alpha value is -3.41. The number of carbonyl (C=O) groups excluding carboxylic acids is 2. The van der Waals surface area contributed by atoms with Crippen molar-refractivity contribution in [3.8, 4) is 11.5 Å². The van der Waals surface area contributed by atoms with Crippen molar-refractivity contribution in [1.29, 1.82) is 0 Å². The number of benzene rings is 1. The third-order valence-electron chi connectivity index (χ3n) is 9.31. The Morgan fingerprint density at radius 2 is 1.96 bits per heavy atom. The van der Waals surface area contributed by atoms with Gasteiger partial charge in [-0.1, -0.05) is 67.6 Å². The van der Waals surface area contributed by atoms with E-state index < -0.39 is 26.7 Å². The Bertz CT molecular complexity index is 1570. The van der Waals surface area contributed by atoms with E-state index in [1.165, 1.54) is 29.2 Å². The van der Waals surface area contributed by atoms with E-state index in [2.05, 4.69) is 73.5 Å². The highest BCUT2D eigenvalue weighted by molar-refractivity contribution is 9.08. The summed E-state index contributed by atoms with van der Waals surface area (Å²) in [5, 5.41) is 0.455. The minimum absolute atomic E-state index is 0.00688. The number of allylic oxidation sites excluding steroid dienone is 2. The van der Waals surface area contributed by atoms with Crippen molar-refractivity contribution >= 4 is 41.9 Å². The molecular weight excluding hydrogens is 666 g/mol. The first kappa shape index (κ1) is 33.9. The maximum Gasteiger partial charge on any atom is 0.416 e. The largest absolute Gasteiger partial charge is 0.493 e. The number of carbonyl (C=O) groups is 2. The number of methoxy groups -OCH3 is 1. The quantitative estimate of drug-likeness (QED) is 0.148. The van der Waals surface area contributed by atoms with Crippen LogP contribution in [0.25, 0.3) is 0 Å². The minimum atomic E-state index is -2.51. The molecule has 5 rings (SSSR count). The van der Waals surface area contributed by atoms with E-state index >= 15 is 0 Å². The summed E-state index contributed by atoms with van der Waals surface area (Å²) in [6.07, 6.45) is 6.83. The van der Waals surface area contributed by atoms with E-state index in [9.17, 15) is 9.59 Å². The number of rotatable bonds is 9. The fourth-order valence-electron chi connectivity index (χ4n) is 5.79. The van der Waals surface area contributed by atoms with Crippen LogP contribution in [0.5, 0.6) is 11.5 Å². The fraction of sp³-hybridized carbons (Fsp3) is 0.457. The zero-order valence-electron chi connectivity index (χ0n) is 27.6. The number of aromatic nitrogens is 1. The van der Waals surface area contributed by atoms with Crippen LogP contribution >= 0.6 is 15.9 Å². The molecule has 9 nitrogen and oxygen atoms in total. The van der Waals surface area contributed by atoms with Crippen molar-refractivity contribution < 1.29 is 28.2 Å². The molecule has 2 atom stereocenters. The summed E-state index contributed by atoms with van der Waals surface area (Å²) in [6.45, 7) is 15.2. The molecule has 0 fully saturated rings. The first-order chi connectivity index (χ1) is 21.9. The minimum Gasteiger partial charge on any atom is -0.493 e. The van der Waals surface area contributed by atoms with Crippen LogP contribution in [0.1, 0.15) is 61.8 Å². The van der Waals surface area contributed by atoms with E-state index in [4.69, 9.17) is 18.6 Å². The second kappa shape index (κ2) is 13.7. The van der Waals surface area contributed by atoms with Crippen LogP contribution in [0, 0.1) is 0 Å². The van der Waals surface area contributed by atoms with Crippen molar-refractivity contribution in [3.05, 3.63) is 83.2 Å². The molecule has 2 amide bonds. The molecular formula is C35H44BrN3O6Si. The molecule has 0 bridgehead atoms. The maximum atomic E-state index is 14.6. The average molecular weight is 711 g/mol. The van der Waals surface area contributed by atoms with Crippen molar-refractivity contribution in [3.63, 3.8) is 0 Å². The molecule has 0 saturated heterocycles. The van der Waals surface area contributed by atoms with Crippen LogP contribution in [0.4, 0.5) is 10.5 Å². The van der Waals surface area contributed by atoms with Gasteiger partial charge in [0.2, 0.25) is 0 Å². The summed E-state index contributed by atoms with van der Waals surface area (Å²) < 4.78 is 24.9. The Morgan fingerprint density at radius 1 is 1.20 bits per heavy atom.